The zero-order valence-electron chi connectivity index (χ0n) is 19.3. The third-order valence-corrected chi connectivity index (χ3v) is 6.11. The Hall–Kier alpha value is -4.88. The van der Waals surface area contributed by atoms with Crippen LogP contribution in [-0.4, -0.2) is 47.1 Å². The van der Waals surface area contributed by atoms with Gasteiger partial charge in [0.2, 0.25) is 46.6 Å². The molecule has 1 saturated heterocycles. The molecule has 5 rings (SSSR count). The van der Waals surface area contributed by atoms with Crippen molar-refractivity contribution >= 4 is 40.4 Å². The molecule has 1 unspecified atom stereocenters. The summed E-state index contributed by atoms with van der Waals surface area (Å²) < 4.78 is 77.1. The molecule has 9 nitrogen and oxygen atoms in total. The summed E-state index contributed by atoms with van der Waals surface area (Å²) in [6.07, 6.45) is -0.188. The van der Waals surface area contributed by atoms with Gasteiger partial charge >= 0.3 is 5.97 Å². The van der Waals surface area contributed by atoms with Crippen molar-refractivity contribution in [3.63, 3.8) is 0 Å². The summed E-state index contributed by atoms with van der Waals surface area (Å²) in [7, 11) is 0. The smallest absolute Gasteiger partial charge is 0.349 e. The first-order valence-electron chi connectivity index (χ1n) is 11.1. The largest absolute Gasteiger partial charge is 0.482 e. The standard InChI is InChI=1S/C25H13F5N2O7/c26-17-18(27)20(29)22(21(30)19(17)28)39-15(34)8-38-10-6-9-2-1-3-11-16(9)12(7-10)25(37)32(24(11)36)13-4-5-14(33)31-23(13)35/h1-3,6-7,13H,4-5,8H2,(H,31,33,35). The fourth-order valence-electron chi connectivity index (χ4n) is 4.35. The number of nitrogens with one attached hydrogen (secondary N) is 1. The van der Waals surface area contributed by atoms with Crippen molar-refractivity contribution in [3.05, 3.63) is 70.5 Å². The van der Waals surface area contributed by atoms with Crippen LogP contribution in [0.25, 0.3) is 10.8 Å². The highest BCUT2D eigenvalue weighted by Crippen LogP contribution is 2.35. The van der Waals surface area contributed by atoms with Gasteiger partial charge in [-0.15, -0.1) is 0 Å². The Labute approximate surface area is 214 Å². The maximum Gasteiger partial charge on any atom is 0.349 e. The summed E-state index contributed by atoms with van der Waals surface area (Å²) in [5.41, 5.74) is -0.000365. The summed E-state index contributed by atoms with van der Waals surface area (Å²) in [4.78, 5) is 63.2. The Morgan fingerprint density at radius 3 is 2.21 bits per heavy atom. The molecule has 0 aromatic heterocycles. The lowest BCUT2D eigenvalue weighted by atomic mass is 9.91. The molecule has 200 valence electrons. The molecule has 1 N–H and O–H groups in total. The van der Waals surface area contributed by atoms with Gasteiger partial charge in [-0.05, 0) is 30.0 Å². The Morgan fingerprint density at radius 1 is 0.897 bits per heavy atom. The van der Waals surface area contributed by atoms with Crippen molar-refractivity contribution in [2.45, 2.75) is 18.9 Å². The lowest BCUT2D eigenvalue weighted by Gasteiger charge is -2.34. The number of ether oxygens (including phenoxy) is 2. The van der Waals surface area contributed by atoms with E-state index in [2.05, 4.69) is 10.1 Å². The number of halogens is 5. The van der Waals surface area contributed by atoms with Gasteiger partial charge in [-0.2, -0.15) is 8.78 Å². The molecular formula is C25H13F5N2O7. The van der Waals surface area contributed by atoms with Crippen molar-refractivity contribution in [1.29, 1.82) is 0 Å². The first-order valence-corrected chi connectivity index (χ1v) is 11.1. The predicted octanol–water partition coefficient (Wildman–Crippen LogP) is 2.92. The second kappa shape index (κ2) is 9.45. The third kappa shape index (κ3) is 4.23. The van der Waals surface area contributed by atoms with Crippen LogP contribution >= 0.6 is 0 Å². The van der Waals surface area contributed by atoms with Gasteiger partial charge in [0.05, 0.1) is 5.56 Å². The van der Waals surface area contributed by atoms with E-state index < -0.39 is 77.1 Å². The number of benzene rings is 3. The van der Waals surface area contributed by atoms with Gasteiger partial charge in [0.1, 0.15) is 11.8 Å². The first kappa shape index (κ1) is 25.8. The fourth-order valence-corrected chi connectivity index (χ4v) is 4.35. The topological polar surface area (TPSA) is 119 Å². The molecule has 2 aliphatic rings. The molecule has 39 heavy (non-hydrogen) atoms. The number of amides is 4. The summed E-state index contributed by atoms with van der Waals surface area (Å²) in [5.74, 6) is -18.3. The Balaban J connectivity index is 1.42. The summed E-state index contributed by atoms with van der Waals surface area (Å²) >= 11 is 0. The molecule has 0 saturated carbocycles. The molecule has 2 heterocycles. The van der Waals surface area contributed by atoms with Crippen molar-refractivity contribution in [1.82, 2.24) is 10.2 Å². The quantitative estimate of drug-likeness (QED) is 0.130. The molecule has 0 spiro atoms. The zero-order valence-corrected chi connectivity index (χ0v) is 19.3. The van der Waals surface area contributed by atoms with Crippen LogP contribution in [-0.2, 0) is 14.4 Å². The molecular weight excluding hydrogens is 535 g/mol. The van der Waals surface area contributed by atoms with Gasteiger partial charge in [0.15, 0.2) is 6.61 Å². The number of carbonyl (C=O) groups excluding carboxylic acids is 5. The third-order valence-electron chi connectivity index (χ3n) is 6.11. The van der Waals surface area contributed by atoms with Crippen LogP contribution in [0.4, 0.5) is 22.0 Å². The molecule has 3 aromatic rings. The summed E-state index contributed by atoms with van der Waals surface area (Å²) in [5, 5.41) is 2.62. The monoisotopic (exact) mass is 548 g/mol. The highest BCUT2D eigenvalue weighted by atomic mass is 19.2. The Kier molecular flexibility index (Phi) is 6.24. The summed E-state index contributed by atoms with van der Waals surface area (Å²) in [6, 6.07) is 5.65. The van der Waals surface area contributed by atoms with E-state index in [1.165, 1.54) is 24.3 Å². The zero-order chi connectivity index (χ0) is 28.2. The molecule has 0 bridgehead atoms. The Bertz CT molecular complexity index is 1610. The molecule has 4 amide bonds. The second-order valence-corrected chi connectivity index (χ2v) is 8.48. The van der Waals surface area contributed by atoms with E-state index in [0.717, 1.165) is 11.0 Å². The number of imide groups is 2. The van der Waals surface area contributed by atoms with Gasteiger partial charge < -0.3 is 9.47 Å². The van der Waals surface area contributed by atoms with E-state index in [1.54, 1.807) is 0 Å². The van der Waals surface area contributed by atoms with E-state index in [-0.39, 0.29) is 35.1 Å². The second-order valence-electron chi connectivity index (χ2n) is 8.48. The number of piperidine rings is 1. The molecule has 0 aliphatic carbocycles. The number of esters is 1. The van der Waals surface area contributed by atoms with Gasteiger partial charge in [-0.3, -0.25) is 29.4 Å². The first-order chi connectivity index (χ1) is 18.5. The highest BCUT2D eigenvalue weighted by molar-refractivity contribution is 6.27. The van der Waals surface area contributed by atoms with Crippen LogP contribution in [0.1, 0.15) is 33.6 Å². The lowest BCUT2D eigenvalue weighted by Crippen LogP contribution is -2.57. The van der Waals surface area contributed by atoms with Crippen LogP contribution in [0.15, 0.2) is 30.3 Å². The number of rotatable bonds is 5. The molecule has 2 aliphatic heterocycles. The van der Waals surface area contributed by atoms with E-state index in [9.17, 15) is 45.9 Å². The van der Waals surface area contributed by atoms with Gasteiger partial charge in [-0.25, -0.2) is 18.0 Å². The molecule has 14 heteroatoms. The fraction of sp³-hybridized carbons (Fsp3) is 0.160. The SMILES string of the molecule is O=C1CCC(N2C(=O)c3cccc4cc(OCC(=O)Oc5c(F)c(F)c(F)c(F)c5F)cc(c34)C2=O)C(=O)N1. The van der Waals surface area contributed by atoms with E-state index in [4.69, 9.17) is 4.74 Å². The minimum atomic E-state index is -2.43. The van der Waals surface area contributed by atoms with Crippen molar-refractivity contribution in [2.24, 2.45) is 0 Å². The maximum atomic E-state index is 13.8. The van der Waals surface area contributed by atoms with E-state index in [0.29, 0.717) is 5.39 Å². The summed E-state index contributed by atoms with van der Waals surface area (Å²) in [6.45, 7) is -1.08. The van der Waals surface area contributed by atoms with Crippen LogP contribution in [0.3, 0.4) is 0 Å². The molecule has 3 aromatic carbocycles. The Morgan fingerprint density at radius 2 is 1.54 bits per heavy atom. The number of hydrogen-bond donors (Lipinski definition) is 1. The van der Waals surface area contributed by atoms with Gasteiger partial charge in [0.25, 0.3) is 11.8 Å². The minimum absolute atomic E-state index is 0.0871. The number of nitrogens with zero attached hydrogens (tertiary/aromatic N) is 1. The molecule has 0 radical (unpaired) electrons. The van der Waals surface area contributed by atoms with E-state index in [1.807, 2.05) is 0 Å². The van der Waals surface area contributed by atoms with Crippen molar-refractivity contribution in [2.75, 3.05) is 6.61 Å². The molecule has 1 fully saturated rings. The van der Waals surface area contributed by atoms with Gasteiger partial charge in [-0.1, -0.05) is 12.1 Å². The van der Waals surface area contributed by atoms with Crippen LogP contribution in [0, 0.1) is 29.1 Å². The van der Waals surface area contributed by atoms with Crippen LogP contribution in [0.2, 0.25) is 0 Å². The van der Waals surface area contributed by atoms with Gasteiger partial charge in [0, 0.05) is 17.4 Å². The normalized spacial score (nSPS) is 16.9. The maximum absolute atomic E-state index is 13.8. The average Bonchev–Trinajstić information content (AvgIpc) is 2.91. The minimum Gasteiger partial charge on any atom is -0.482 e. The van der Waals surface area contributed by atoms with Crippen LogP contribution in [0.5, 0.6) is 11.5 Å². The van der Waals surface area contributed by atoms with Crippen molar-refractivity contribution in [3.8, 4) is 11.5 Å². The predicted molar refractivity (Wildman–Crippen MR) is 118 cm³/mol. The highest BCUT2D eigenvalue weighted by Gasteiger charge is 2.42. The number of hydrogen-bond acceptors (Lipinski definition) is 7. The van der Waals surface area contributed by atoms with Crippen molar-refractivity contribution < 1.29 is 55.4 Å². The lowest BCUT2D eigenvalue weighted by molar-refractivity contribution is -0.137. The molecule has 1 atom stereocenters. The average molecular weight is 548 g/mol. The number of carbonyl (C=O) groups is 5. The van der Waals surface area contributed by atoms with E-state index >= 15 is 0 Å². The van der Waals surface area contributed by atoms with Crippen LogP contribution < -0.4 is 14.8 Å².